The Labute approximate surface area is 182 Å². The van der Waals surface area contributed by atoms with Gasteiger partial charge in [-0.15, -0.1) is 11.6 Å². The first-order chi connectivity index (χ1) is 13.7. The highest BCUT2D eigenvalue weighted by Crippen LogP contribution is 2.57. The second-order valence-electron chi connectivity index (χ2n) is 10.4. The van der Waals surface area contributed by atoms with Crippen LogP contribution >= 0.6 is 11.6 Å². The predicted molar refractivity (Wildman–Crippen MR) is 127 cm³/mol. The standard InChI is InChI=1S/C27H36ClN/c1-18(2)21-11-9-12-22(19(3)4)25(21)29-24(16-28)27(17-26(29,5)6)15-14-20-10-7-8-13-23(20)27/h7-13,18-19,24H,14-17H2,1-6H3. The molecule has 0 bridgehead atoms. The summed E-state index contributed by atoms with van der Waals surface area (Å²) in [5.74, 6) is 1.65. The molecule has 1 saturated heterocycles. The maximum Gasteiger partial charge on any atom is 0.0528 e. The van der Waals surface area contributed by atoms with Crippen LogP contribution in [0.25, 0.3) is 0 Å². The van der Waals surface area contributed by atoms with Crippen molar-refractivity contribution in [2.45, 2.75) is 89.6 Å². The molecule has 1 spiro atoms. The lowest BCUT2D eigenvalue weighted by atomic mass is 9.73. The highest BCUT2D eigenvalue weighted by Gasteiger charge is 2.58. The summed E-state index contributed by atoms with van der Waals surface area (Å²) in [6.07, 6.45) is 3.55. The number of alkyl halides is 1. The van der Waals surface area contributed by atoms with E-state index in [0.717, 1.165) is 0 Å². The molecule has 2 aromatic rings. The number of nitrogens with zero attached hydrogens (tertiary/aromatic N) is 1. The van der Waals surface area contributed by atoms with Gasteiger partial charge in [-0.05, 0) is 67.2 Å². The summed E-state index contributed by atoms with van der Waals surface area (Å²) >= 11 is 6.84. The molecular weight excluding hydrogens is 374 g/mol. The smallest absolute Gasteiger partial charge is 0.0528 e. The Balaban J connectivity index is 1.94. The van der Waals surface area contributed by atoms with Crippen molar-refractivity contribution in [3.8, 4) is 0 Å². The Kier molecular flexibility index (Phi) is 5.26. The van der Waals surface area contributed by atoms with E-state index in [1.54, 1.807) is 5.56 Å². The van der Waals surface area contributed by atoms with Crippen molar-refractivity contribution in [2.24, 2.45) is 0 Å². The third-order valence-corrected chi connectivity index (χ3v) is 7.77. The summed E-state index contributed by atoms with van der Waals surface area (Å²) in [5, 5.41) is 0. The summed E-state index contributed by atoms with van der Waals surface area (Å²) in [5.41, 5.74) is 7.67. The van der Waals surface area contributed by atoms with Gasteiger partial charge >= 0.3 is 0 Å². The van der Waals surface area contributed by atoms with Gasteiger partial charge < -0.3 is 4.90 Å². The Bertz CT molecular complexity index is 871. The molecule has 0 radical (unpaired) electrons. The minimum atomic E-state index is 0.0612. The number of halogens is 1. The first-order valence-corrected chi connectivity index (χ1v) is 11.8. The highest BCUT2D eigenvalue weighted by atomic mass is 35.5. The number of hydrogen-bond acceptors (Lipinski definition) is 1. The van der Waals surface area contributed by atoms with Crippen LogP contribution in [-0.2, 0) is 11.8 Å². The van der Waals surface area contributed by atoms with Crippen molar-refractivity contribution >= 4 is 17.3 Å². The summed E-state index contributed by atoms with van der Waals surface area (Å²) in [6.45, 7) is 14.2. The lowest BCUT2D eigenvalue weighted by Crippen LogP contribution is -2.48. The largest absolute Gasteiger partial charge is 0.361 e. The Morgan fingerprint density at radius 3 is 2.17 bits per heavy atom. The molecule has 1 fully saturated rings. The molecule has 0 saturated carbocycles. The van der Waals surface area contributed by atoms with Crippen LogP contribution < -0.4 is 4.90 Å². The first kappa shape index (κ1) is 20.8. The zero-order chi connectivity index (χ0) is 21.0. The fourth-order valence-corrected chi connectivity index (χ4v) is 6.79. The van der Waals surface area contributed by atoms with E-state index in [1.165, 1.54) is 41.6 Å². The molecule has 2 aliphatic rings. The number of fused-ring (bicyclic) bond motifs is 2. The van der Waals surface area contributed by atoms with Gasteiger partial charge in [0.1, 0.15) is 0 Å². The first-order valence-electron chi connectivity index (χ1n) is 11.3. The monoisotopic (exact) mass is 409 g/mol. The topological polar surface area (TPSA) is 3.24 Å². The fourth-order valence-electron chi connectivity index (χ4n) is 6.36. The minimum absolute atomic E-state index is 0.0612. The van der Waals surface area contributed by atoms with E-state index in [4.69, 9.17) is 11.6 Å². The van der Waals surface area contributed by atoms with E-state index in [2.05, 4.69) is 88.9 Å². The summed E-state index contributed by atoms with van der Waals surface area (Å²) in [7, 11) is 0. The van der Waals surface area contributed by atoms with E-state index in [9.17, 15) is 0 Å². The molecule has 2 unspecified atom stereocenters. The average molecular weight is 410 g/mol. The minimum Gasteiger partial charge on any atom is -0.361 e. The number of para-hydroxylation sites is 1. The van der Waals surface area contributed by atoms with Crippen LogP contribution in [0.4, 0.5) is 5.69 Å². The molecule has 1 nitrogen and oxygen atoms in total. The van der Waals surface area contributed by atoms with Crippen LogP contribution in [0.15, 0.2) is 42.5 Å². The van der Waals surface area contributed by atoms with Crippen molar-refractivity contribution in [3.05, 3.63) is 64.7 Å². The third-order valence-electron chi connectivity index (χ3n) is 7.47. The lowest BCUT2D eigenvalue weighted by Gasteiger charge is -2.42. The Morgan fingerprint density at radius 1 is 0.966 bits per heavy atom. The SMILES string of the molecule is CC(C)c1cccc(C(C)C)c1N1C(CCl)C2(CCc3ccccc32)CC1(C)C. The van der Waals surface area contributed by atoms with Gasteiger partial charge in [-0.1, -0.05) is 70.2 Å². The number of aryl methyl sites for hydroxylation is 1. The second-order valence-corrected chi connectivity index (χ2v) is 10.7. The van der Waals surface area contributed by atoms with Crippen molar-refractivity contribution in [2.75, 3.05) is 10.8 Å². The normalized spacial score (nSPS) is 25.4. The summed E-state index contributed by atoms with van der Waals surface area (Å²) in [4.78, 5) is 2.74. The van der Waals surface area contributed by atoms with Crippen molar-refractivity contribution in [3.63, 3.8) is 0 Å². The van der Waals surface area contributed by atoms with Gasteiger partial charge in [0.2, 0.25) is 0 Å². The Morgan fingerprint density at radius 2 is 1.59 bits per heavy atom. The molecule has 2 heteroatoms. The molecule has 2 atom stereocenters. The zero-order valence-electron chi connectivity index (χ0n) is 18.9. The quantitative estimate of drug-likeness (QED) is 0.475. The summed E-state index contributed by atoms with van der Waals surface area (Å²) < 4.78 is 0. The fraction of sp³-hybridized carbons (Fsp3) is 0.556. The number of rotatable bonds is 4. The number of hydrogen-bond donors (Lipinski definition) is 0. The van der Waals surface area contributed by atoms with Gasteiger partial charge in [0, 0.05) is 22.5 Å². The van der Waals surface area contributed by atoms with E-state index in [1.807, 2.05) is 0 Å². The molecule has 156 valence electrons. The zero-order valence-corrected chi connectivity index (χ0v) is 19.7. The van der Waals surface area contributed by atoms with Crippen LogP contribution in [0.5, 0.6) is 0 Å². The molecule has 29 heavy (non-hydrogen) atoms. The molecule has 0 aromatic heterocycles. The van der Waals surface area contributed by atoms with E-state index < -0.39 is 0 Å². The molecule has 2 aromatic carbocycles. The van der Waals surface area contributed by atoms with Crippen LogP contribution in [0, 0.1) is 0 Å². The van der Waals surface area contributed by atoms with Crippen molar-refractivity contribution < 1.29 is 0 Å². The molecule has 1 aliphatic carbocycles. The van der Waals surface area contributed by atoms with E-state index in [0.29, 0.717) is 23.8 Å². The summed E-state index contributed by atoms with van der Waals surface area (Å²) in [6, 6.07) is 16.3. The molecule has 1 heterocycles. The van der Waals surface area contributed by atoms with E-state index in [-0.39, 0.29) is 11.0 Å². The van der Waals surface area contributed by atoms with Gasteiger partial charge in [-0.25, -0.2) is 0 Å². The van der Waals surface area contributed by atoms with Crippen molar-refractivity contribution in [1.82, 2.24) is 0 Å². The number of benzene rings is 2. The van der Waals surface area contributed by atoms with Gasteiger partial charge in [-0.3, -0.25) is 0 Å². The van der Waals surface area contributed by atoms with Gasteiger partial charge in [0.05, 0.1) is 6.04 Å². The number of anilines is 1. The second kappa shape index (κ2) is 7.34. The van der Waals surface area contributed by atoms with Crippen LogP contribution in [0.3, 0.4) is 0 Å². The maximum absolute atomic E-state index is 6.84. The molecule has 1 aliphatic heterocycles. The average Bonchev–Trinajstić information content (AvgIpc) is 3.15. The maximum atomic E-state index is 6.84. The Hall–Kier alpha value is -1.47. The van der Waals surface area contributed by atoms with Crippen LogP contribution in [0.2, 0.25) is 0 Å². The lowest BCUT2D eigenvalue weighted by molar-refractivity contribution is 0.384. The van der Waals surface area contributed by atoms with Gasteiger partial charge in [-0.2, -0.15) is 0 Å². The highest BCUT2D eigenvalue weighted by molar-refractivity contribution is 6.18. The molecule has 4 rings (SSSR count). The third kappa shape index (κ3) is 3.12. The molecular formula is C27H36ClN. The predicted octanol–water partition coefficient (Wildman–Crippen LogP) is 7.41. The molecule has 0 amide bonds. The van der Waals surface area contributed by atoms with Crippen LogP contribution in [-0.4, -0.2) is 17.5 Å². The van der Waals surface area contributed by atoms with Gasteiger partial charge in [0.25, 0.3) is 0 Å². The van der Waals surface area contributed by atoms with E-state index >= 15 is 0 Å². The van der Waals surface area contributed by atoms with Crippen LogP contribution in [0.1, 0.15) is 88.5 Å². The van der Waals surface area contributed by atoms with Gasteiger partial charge in [0.15, 0.2) is 0 Å². The molecule has 0 N–H and O–H groups in total. The van der Waals surface area contributed by atoms with Crippen molar-refractivity contribution in [1.29, 1.82) is 0 Å².